The number of nitrogens with one attached hydrogen (secondary N) is 1. The minimum Gasteiger partial charge on any atom is -0.339 e. The zero-order valence-corrected chi connectivity index (χ0v) is 17.4. The lowest BCUT2D eigenvalue weighted by atomic mass is 9.94. The molecule has 0 aromatic heterocycles. The molecule has 2 amide bonds. The first-order chi connectivity index (χ1) is 13.9. The van der Waals surface area contributed by atoms with Crippen LogP contribution in [0.1, 0.15) is 64.2 Å². The van der Waals surface area contributed by atoms with Crippen molar-refractivity contribution < 1.29 is 14.4 Å². The fourth-order valence-electron chi connectivity index (χ4n) is 5.56. The van der Waals surface area contributed by atoms with E-state index in [0.717, 1.165) is 51.5 Å². The van der Waals surface area contributed by atoms with Crippen LogP contribution in [0.15, 0.2) is 0 Å². The molecule has 7 heteroatoms. The molecular formula is C22H32N4O3. The highest BCUT2D eigenvalue weighted by atomic mass is 16.2. The summed E-state index contributed by atoms with van der Waals surface area (Å²) in [5.41, 5.74) is -0.438. The van der Waals surface area contributed by atoms with E-state index in [1.54, 1.807) is 4.90 Å². The maximum atomic E-state index is 13.4. The molecule has 1 spiro atoms. The Morgan fingerprint density at radius 3 is 2.59 bits per heavy atom. The molecule has 1 N–H and O–H groups in total. The summed E-state index contributed by atoms with van der Waals surface area (Å²) in [5, 5.41) is 12.4. The van der Waals surface area contributed by atoms with Crippen LogP contribution < -0.4 is 5.32 Å². The van der Waals surface area contributed by atoms with Crippen molar-refractivity contribution >= 4 is 17.6 Å². The van der Waals surface area contributed by atoms with E-state index >= 15 is 0 Å². The largest absolute Gasteiger partial charge is 0.339 e. The number of ketones is 1. The summed E-state index contributed by atoms with van der Waals surface area (Å²) in [5.74, 6) is 0.437. The van der Waals surface area contributed by atoms with Gasteiger partial charge in [0.05, 0.1) is 6.07 Å². The topological polar surface area (TPSA) is 93.5 Å². The molecule has 0 radical (unpaired) electrons. The molecule has 2 saturated carbocycles. The van der Waals surface area contributed by atoms with Gasteiger partial charge in [-0.05, 0) is 64.5 Å². The first-order valence-corrected chi connectivity index (χ1v) is 11.2. The Bertz CT molecular complexity index is 728. The lowest BCUT2D eigenvalue weighted by Crippen LogP contribution is -2.55. The number of nitrogens with zero attached hydrogens (tertiary/aromatic N) is 3. The number of carbonyl (C=O) groups excluding carboxylic acids is 3. The second-order valence-electron chi connectivity index (χ2n) is 9.48. The van der Waals surface area contributed by atoms with Crippen molar-refractivity contribution in [2.45, 2.75) is 81.8 Å². The maximum absolute atomic E-state index is 13.4. The summed E-state index contributed by atoms with van der Waals surface area (Å²) in [6, 6.07) is 0.995. The summed E-state index contributed by atoms with van der Waals surface area (Å²) in [7, 11) is 2.01. The molecule has 0 bridgehead atoms. The molecule has 2 heterocycles. The third-order valence-electron chi connectivity index (χ3n) is 7.60. The molecule has 4 fully saturated rings. The summed E-state index contributed by atoms with van der Waals surface area (Å²) >= 11 is 0. The maximum Gasteiger partial charge on any atom is 0.243 e. The van der Waals surface area contributed by atoms with E-state index in [2.05, 4.69) is 16.3 Å². The van der Waals surface area contributed by atoms with Gasteiger partial charge in [-0.2, -0.15) is 5.26 Å². The number of likely N-dealkylation sites (N-methyl/N-ethyl adjacent to an activating group) is 1. The number of likely N-dealkylation sites (tertiary alicyclic amines) is 2. The Morgan fingerprint density at radius 1 is 1.21 bits per heavy atom. The monoisotopic (exact) mass is 400 g/mol. The van der Waals surface area contributed by atoms with E-state index in [-0.39, 0.29) is 23.5 Å². The SMILES string of the molecule is CN1CCC[C@@]12CCN([C@H](CC1CC1)C(=O)N[C@H](C#N)C[C@@H]1CCCC1=O)C2=O. The molecule has 4 rings (SSSR count). The van der Waals surface area contributed by atoms with E-state index in [0.29, 0.717) is 31.7 Å². The highest BCUT2D eigenvalue weighted by Gasteiger charge is 2.54. The Labute approximate surface area is 172 Å². The zero-order valence-electron chi connectivity index (χ0n) is 17.4. The van der Waals surface area contributed by atoms with E-state index < -0.39 is 17.6 Å². The molecule has 7 nitrogen and oxygen atoms in total. The van der Waals surface area contributed by atoms with Gasteiger partial charge in [0, 0.05) is 18.9 Å². The van der Waals surface area contributed by atoms with Crippen LogP contribution >= 0.6 is 0 Å². The second kappa shape index (κ2) is 8.06. The Morgan fingerprint density at radius 2 is 2.00 bits per heavy atom. The van der Waals surface area contributed by atoms with Crippen molar-refractivity contribution in [2.75, 3.05) is 20.1 Å². The van der Waals surface area contributed by atoms with Crippen LogP contribution in [0.3, 0.4) is 0 Å². The third-order valence-corrected chi connectivity index (χ3v) is 7.60. The zero-order chi connectivity index (χ0) is 20.6. The fourth-order valence-corrected chi connectivity index (χ4v) is 5.56. The Kier molecular flexibility index (Phi) is 5.65. The number of hydrogen-bond acceptors (Lipinski definition) is 5. The summed E-state index contributed by atoms with van der Waals surface area (Å²) in [6.45, 7) is 1.53. The van der Waals surface area contributed by atoms with Gasteiger partial charge in [0.2, 0.25) is 11.8 Å². The standard InChI is InChI=1S/C22H32N4O3/c1-25-10-3-8-22(25)9-11-26(21(22)29)18(12-15-6-7-15)20(28)24-17(14-23)13-16-4-2-5-19(16)27/h15-18H,2-13H2,1H3,(H,24,28)/t16-,17-,18+,22-/m0/s1. The molecule has 2 aliphatic carbocycles. The van der Waals surface area contributed by atoms with Crippen molar-refractivity contribution in [1.82, 2.24) is 15.1 Å². The predicted octanol–water partition coefficient (Wildman–Crippen LogP) is 1.62. The van der Waals surface area contributed by atoms with Gasteiger partial charge in [-0.1, -0.05) is 12.8 Å². The Hall–Kier alpha value is -1.94. The average molecular weight is 401 g/mol. The molecule has 2 aliphatic heterocycles. The van der Waals surface area contributed by atoms with Gasteiger partial charge in [-0.3, -0.25) is 19.3 Å². The average Bonchev–Trinajstić information content (AvgIpc) is 3.19. The molecule has 0 unspecified atom stereocenters. The van der Waals surface area contributed by atoms with Crippen LogP contribution in [0.4, 0.5) is 0 Å². The number of nitriles is 1. The van der Waals surface area contributed by atoms with Gasteiger partial charge in [0.1, 0.15) is 23.4 Å². The number of amides is 2. The van der Waals surface area contributed by atoms with Crippen molar-refractivity contribution in [3.8, 4) is 6.07 Å². The summed E-state index contributed by atoms with van der Waals surface area (Å²) < 4.78 is 0. The lowest BCUT2D eigenvalue weighted by Gasteiger charge is -2.33. The van der Waals surface area contributed by atoms with E-state index in [9.17, 15) is 19.6 Å². The third kappa shape index (κ3) is 3.92. The van der Waals surface area contributed by atoms with Crippen LogP contribution in [0.2, 0.25) is 0 Å². The number of hydrogen-bond donors (Lipinski definition) is 1. The first-order valence-electron chi connectivity index (χ1n) is 11.2. The smallest absolute Gasteiger partial charge is 0.243 e. The molecular weight excluding hydrogens is 368 g/mol. The van der Waals surface area contributed by atoms with Crippen molar-refractivity contribution in [3.63, 3.8) is 0 Å². The lowest BCUT2D eigenvalue weighted by molar-refractivity contribution is -0.143. The number of carbonyl (C=O) groups is 3. The molecule has 0 aromatic carbocycles. The van der Waals surface area contributed by atoms with E-state index in [1.165, 1.54) is 0 Å². The van der Waals surface area contributed by atoms with Gasteiger partial charge < -0.3 is 10.2 Å². The minimum atomic E-state index is -0.669. The van der Waals surface area contributed by atoms with Crippen LogP contribution in [-0.4, -0.2) is 65.2 Å². The van der Waals surface area contributed by atoms with Gasteiger partial charge >= 0.3 is 0 Å². The quantitative estimate of drug-likeness (QED) is 0.701. The molecule has 29 heavy (non-hydrogen) atoms. The second-order valence-corrected chi connectivity index (χ2v) is 9.48. The molecule has 0 aromatic rings. The predicted molar refractivity (Wildman–Crippen MR) is 107 cm³/mol. The van der Waals surface area contributed by atoms with Gasteiger partial charge in [0.15, 0.2) is 0 Å². The Balaban J connectivity index is 1.45. The highest BCUT2D eigenvalue weighted by molar-refractivity contribution is 5.94. The first kappa shape index (κ1) is 20.3. The van der Waals surface area contributed by atoms with Gasteiger partial charge in [-0.25, -0.2) is 0 Å². The highest BCUT2D eigenvalue weighted by Crippen LogP contribution is 2.41. The fraction of sp³-hybridized carbons (Fsp3) is 0.818. The van der Waals surface area contributed by atoms with E-state index in [4.69, 9.17) is 0 Å². The van der Waals surface area contributed by atoms with Crippen LogP contribution in [0.25, 0.3) is 0 Å². The number of Topliss-reactive ketones (excluding diaryl/α,β-unsaturated/α-hetero) is 1. The number of rotatable bonds is 7. The molecule has 2 saturated heterocycles. The van der Waals surface area contributed by atoms with Crippen LogP contribution in [0, 0.1) is 23.2 Å². The van der Waals surface area contributed by atoms with Gasteiger partial charge in [-0.15, -0.1) is 0 Å². The van der Waals surface area contributed by atoms with Crippen molar-refractivity contribution in [1.29, 1.82) is 5.26 Å². The summed E-state index contributed by atoms with van der Waals surface area (Å²) in [4.78, 5) is 42.4. The molecule has 4 atom stereocenters. The van der Waals surface area contributed by atoms with Crippen molar-refractivity contribution in [2.24, 2.45) is 11.8 Å². The van der Waals surface area contributed by atoms with Gasteiger partial charge in [0.25, 0.3) is 0 Å². The summed E-state index contributed by atoms with van der Waals surface area (Å²) in [6.07, 6.45) is 8.19. The normalized spacial score (nSPS) is 32.0. The van der Waals surface area contributed by atoms with Crippen LogP contribution in [0.5, 0.6) is 0 Å². The van der Waals surface area contributed by atoms with Crippen molar-refractivity contribution in [3.05, 3.63) is 0 Å². The molecule has 4 aliphatic rings. The van der Waals surface area contributed by atoms with Crippen LogP contribution in [-0.2, 0) is 14.4 Å². The minimum absolute atomic E-state index is 0.0813. The molecule has 158 valence electrons. The van der Waals surface area contributed by atoms with E-state index in [1.807, 2.05) is 7.05 Å².